The molecule has 0 saturated carbocycles. The maximum Gasteiger partial charge on any atom is 0.303 e. The van der Waals surface area contributed by atoms with Crippen LogP contribution in [0.1, 0.15) is 18.5 Å². The molecule has 0 spiro atoms. The quantitative estimate of drug-likeness (QED) is 0.384. The molecule has 4 rings (SSSR count). The number of aliphatic carboxylic acids is 1. The molecular weight excluding hydrogens is 448 g/mol. The average Bonchev–Trinajstić information content (AvgIpc) is 3.33. The number of nitrogens with one attached hydrogen (secondary N) is 1. The summed E-state index contributed by atoms with van der Waals surface area (Å²) >= 11 is 7.59. The van der Waals surface area contributed by atoms with E-state index in [1.807, 2.05) is 24.3 Å². The first-order chi connectivity index (χ1) is 14.4. The lowest BCUT2D eigenvalue weighted by molar-refractivity contribution is -0.137. The summed E-state index contributed by atoms with van der Waals surface area (Å²) in [7, 11) is 0. The van der Waals surface area contributed by atoms with Crippen molar-refractivity contribution in [3.63, 3.8) is 0 Å². The molecule has 1 atom stereocenters. The molecule has 0 aliphatic carbocycles. The van der Waals surface area contributed by atoms with Crippen LogP contribution in [0.4, 0.5) is 0 Å². The molecule has 2 aromatic heterocycles. The summed E-state index contributed by atoms with van der Waals surface area (Å²) in [4.78, 5) is 24.1. The van der Waals surface area contributed by atoms with Gasteiger partial charge >= 0.3 is 5.97 Å². The van der Waals surface area contributed by atoms with Crippen LogP contribution in [-0.2, 0) is 4.79 Å². The Morgan fingerprint density at radius 1 is 1.40 bits per heavy atom. The Balaban J connectivity index is 1.48. The largest absolute Gasteiger partial charge is 0.492 e. The van der Waals surface area contributed by atoms with Gasteiger partial charge in [0.15, 0.2) is 17.0 Å². The van der Waals surface area contributed by atoms with Gasteiger partial charge in [-0.05, 0) is 24.6 Å². The van der Waals surface area contributed by atoms with Crippen LogP contribution in [0.2, 0.25) is 0 Å². The van der Waals surface area contributed by atoms with Crippen molar-refractivity contribution in [2.45, 2.75) is 29.4 Å². The normalized spacial score (nSPS) is 18.0. The molecule has 3 heterocycles. The number of H-pyrrole nitrogens is 1. The summed E-state index contributed by atoms with van der Waals surface area (Å²) in [6.07, 6.45) is 0.915. The highest BCUT2D eigenvalue weighted by atomic mass is 32.2. The number of thiocarbonyl (C=S) groups is 1. The van der Waals surface area contributed by atoms with Crippen LogP contribution < -0.4 is 0 Å². The molecule has 30 heavy (non-hydrogen) atoms. The van der Waals surface area contributed by atoms with Gasteiger partial charge in [-0.3, -0.25) is 4.79 Å². The van der Waals surface area contributed by atoms with Crippen molar-refractivity contribution >= 4 is 63.2 Å². The zero-order valence-corrected chi connectivity index (χ0v) is 17.8. The number of imidazole rings is 1. The Hall–Kier alpha value is -2.54. The number of carbonyl (C=O) groups is 1. The first-order valence-corrected chi connectivity index (χ1v) is 10.9. The van der Waals surface area contributed by atoms with Gasteiger partial charge in [-0.25, -0.2) is 4.98 Å². The molecule has 3 aromatic rings. The molecular formula is C18H16N4O5S3. The van der Waals surface area contributed by atoms with Crippen LogP contribution in [0.5, 0.6) is 5.88 Å². The number of benzene rings is 1. The number of aromatic amines is 1. The molecule has 4 N–H and O–H groups in total. The van der Waals surface area contributed by atoms with Crippen molar-refractivity contribution < 1.29 is 24.5 Å². The third-order valence-electron chi connectivity index (χ3n) is 4.21. The first kappa shape index (κ1) is 20.7. The van der Waals surface area contributed by atoms with E-state index in [9.17, 15) is 15.0 Å². The fraction of sp³-hybridized carbons (Fsp3) is 0.222. The van der Waals surface area contributed by atoms with E-state index >= 15 is 0 Å². The average molecular weight is 465 g/mol. The predicted molar refractivity (Wildman–Crippen MR) is 116 cm³/mol. The van der Waals surface area contributed by atoms with Crippen LogP contribution in [0.15, 0.2) is 44.0 Å². The van der Waals surface area contributed by atoms with Crippen molar-refractivity contribution in [2.75, 3.05) is 6.54 Å². The number of carboxylic acids is 1. The minimum absolute atomic E-state index is 0.00665. The number of carboxylic acid groups (broad SMARTS) is 1. The van der Waals surface area contributed by atoms with Gasteiger partial charge in [0.05, 0.1) is 0 Å². The maximum absolute atomic E-state index is 10.7. The Kier molecular flexibility index (Phi) is 5.99. The minimum Gasteiger partial charge on any atom is -0.492 e. The molecule has 1 unspecified atom stereocenters. The lowest BCUT2D eigenvalue weighted by Crippen LogP contribution is -2.33. The third kappa shape index (κ3) is 4.46. The molecule has 1 aliphatic heterocycles. The smallest absolute Gasteiger partial charge is 0.303 e. The number of oxazole rings is 1. The number of aromatic nitrogens is 3. The van der Waals surface area contributed by atoms with E-state index in [0.29, 0.717) is 43.8 Å². The Morgan fingerprint density at radius 3 is 2.97 bits per heavy atom. The number of aromatic hydroxyl groups is 1. The number of hydrogen-bond acceptors (Lipinski definition) is 9. The van der Waals surface area contributed by atoms with Gasteiger partial charge in [0, 0.05) is 29.6 Å². The van der Waals surface area contributed by atoms with Crippen molar-refractivity contribution in [3.05, 3.63) is 34.9 Å². The summed E-state index contributed by atoms with van der Waals surface area (Å²) in [5.41, 5.74) is 1.69. The summed E-state index contributed by atoms with van der Waals surface area (Å²) in [6, 6.07) is 7.36. The van der Waals surface area contributed by atoms with Crippen LogP contribution in [0, 0.1) is 0 Å². The number of nitrogens with zero attached hydrogens (tertiary/aromatic N) is 3. The van der Waals surface area contributed by atoms with E-state index in [2.05, 4.69) is 15.0 Å². The zero-order valence-electron chi connectivity index (χ0n) is 15.3. The Morgan fingerprint density at radius 2 is 2.20 bits per heavy atom. The predicted octanol–water partition coefficient (Wildman–Crippen LogP) is 3.27. The van der Waals surface area contributed by atoms with Gasteiger partial charge in [0.2, 0.25) is 5.88 Å². The summed E-state index contributed by atoms with van der Waals surface area (Å²) in [5.74, 6) is -1.13. The highest BCUT2D eigenvalue weighted by Gasteiger charge is 2.32. The summed E-state index contributed by atoms with van der Waals surface area (Å²) in [5, 5.41) is 30.2. The van der Waals surface area contributed by atoms with E-state index in [-0.39, 0.29) is 12.3 Å². The van der Waals surface area contributed by atoms with Crippen LogP contribution in [0.25, 0.3) is 17.2 Å². The number of para-hydroxylation sites is 2. The molecule has 0 amide bonds. The second kappa shape index (κ2) is 8.68. The summed E-state index contributed by atoms with van der Waals surface area (Å²) < 4.78 is 6.08. The van der Waals surface area contributed by atoms with Gasteiger partial charge in [-0.15, -0.1) is 0 Å². The molecule has 9 nitrogen and oxygen atoms in total. The van der Waals surface area contributed by atoms with E-state index in [1.165, 1.54) is 11.8 Å². The molecule has 1 fully saturated rings. The second-order valence-corrected chi connectivity index (χ2v) is 8.96. The molecule has 1 aliphatic rings. The van der Waals surface area contributed by atoms with E-state index in [0.717, 1.165) is 17.3 Å². The molecule has 0 radical (unpaired) electrons. The van der Waals surface area contributed by atoms with Gasteiger partial charge in [0.25, 0.3) is 5.22 Å². The molecule has 12 heteroatoms. The van der Waals surface area contributed by atoms with Crippen LogP contribution in [0.3, 0.4) is 0 Å². The fourth-order valence-corrected chi connectivity index (χ4v) is 4.94. The van der Waals surface area contributed by atoms with Crippen LogP contribution in [-0.4, -0.2) is 58.2 Å². The number of rotatable bonds is 7. The number of aliphatic hydroxyl groups excluding tert-OH is 1. The SMILES string of the molecule is O=C(O)CCCN1C(=S)SC(=Cc2[nH]c(Sc3nc4ccccc4o3)nc2O)C1O. The second-order valence-electron chi connectivity index (χ2n) is 6.31. The minimum atomic E-state index is -1.01. The van der Waals surface area contributed by atoms with Crippen molar-refractivity contribution in [3.8, 4) is 5.88 Å². The van der Waals surface area contributed by atoms with Crippen molar-refractivity contribution in [2.24, 2.45) is 0 Å². The molecule has 156 valence electrons. The van der Waals surface area contributed by atoms with Crippen molar-refractivity contribution in [1.82, 2.24) is 19.9 Å². The molecule has 0 bridgehead atoms. The van der Waals surface area contributed by atoms with Gasteiger partial charge in [0.1, 0.15) is 15.5 Å². The highest BCUT2D eigenvalue weighted by Crippen LogP contribution is 2.37. The van der Waals surface area contributed by atoms with Gasteiger partial charge < -0.3 is 29.6 Å². The van der Waals surface area contributed by atoms with Crippen LogP contribution >= 0.6 is 35.7 Å². The zero-order chi connectivity index (χ0) is 21.3. The number of aliphatic hydroxyl groups is 1. The third-order valence-corrected chi connectivity index (χ3v) is 6.41. The van der Waals surface area contributed by atoms with E-state index in [4.69, 9.17) is 21.7 Å². The molecule has 1 saturated heterocycles. The molecule has 1 aromatic carbocycles. The standard InChI is InChI=1S/C18H16N4O5S3/c23-13(24)6-3-7-22-15(26)12(29-18(22)28)8-10-14(25)21-16(19-10)30-17-20-9-4-1-2-5-11(9)27-17/h1-2,4-5,8,15,25-26H,3,6-7H2,(H,19,21)(H,23,24). The number of fused-ring (bicyclic) bond motifs is 1. The van der Waals surface area contributed by atoms with Crippen molar-refractivity contribution in [1.29, 1.82) is 0 Å². The number of hydrogen-bond donors (Lipinski definition) is 4. The fourth-order valence-electron chi connectivity index (χ4n) is 2.81. The summed E-state index contributed by atoms with van der Waals surface area (Å²) in [6.45, 7) is 0.324. The highest BCUT2D eigenvalue weighted by molar-refractivity contribution is 8.25. The lowest BCUT2D eigenvalue weighted by atomic mass is 10.3. The van der Waals surface area contributed by atoms with E-state index in [1.54, 1.807) is 11.0 Å². The Labute approximate surface area is 184 Å². The Bertz CT molecular complexity index is 1110. The number of thioether (sulfide) groups is 1. The topological polar surface area (TPSA) is 136 Å². The maximum atomic E-state index is 10.7. The van der Waals surface area contributed by atoms with E-state index < -0.39 is 12.2 Å². The lowest BCUT2D eigenvalue weighted by Gasteiger charge is -2.20. The van der Waals surface area contributed by atoms with Gasteiger partial charge in [-0.1, -0.05) is 36.1 Å². The monoisotopic (exact) mass is 464 g/mol. The first-order valence-electron chi connectivity index (χ1n) is 8.83. The van der Waals surface area contributed by atoms with Gasteiger partial charge in [-0.2, -0.15) is 4.98 Å².